The molecule has 3 aromatic rings. The molecule has 0 aliphatic rings. The number of aromatic nitrogens is 4. The van der Waals surface area contributed by atoms with Gasteiger partial charge in [-0.25, -0.2) is 0 Å². The summed E-state index contributed by atoms with van der Waals surface area (Å²) in [6.45, 7) is 2.74. The van der Waals surface area contributed by atoms with Crippen LogP contribution in [0.4, 0.5) is 5.82 Å². The van der Waals surface area contributed by atoms with E-state index < -0.39 is 11.9 Å². The van der Waals surface area contributed by atoms with Crippen LogP contribution in [0.25, 0.3) is 0 Å². The van der Waals surface area contributed by atoms with Crippen molar-refractivity contribution in [1.29, 1.82) is 0 Å². The number of hydrogen-bond donors (Lipinski definition) is 2. The number of aliphatic carboxylic acids is 1. The van der Waals surface area contributed by atoms with Crippen LogP contribution in [0.3, 0.4) is 0 Å². The number of nitrogens with one attached hydrogen (secondary N) is 1. The number of benzene rings is 1. The lowest BCUT2D eigenvalue weighted by Crippen LogP contribution is -2.15. The number of carboxylic acids is 1. The normalized spacial score (nSPS) is 10.7. The third-order valence-corrected chi connectivity index (χ3v) is 4.12. The smallest absolute Gasteiger partial charge is 0.305 e. The number of anilines is 1. The molecule has 9 heteroatoms. The van der Waals surface area contributed by atoms with Crippen molar-refractivity contribution >= 4 is 29.3 Å². The molecule has 0 fully saturated rings. The predicted molar refractivity (Wildman–Crippen MR) is 100.0 cm³/mol. The maximum atomic E-state index is 12.3. The van der Waals surface area contributed by atoms with Gasteiger partial charge in [0.15, 0.2) is 11.5 Å². The van der Waals surface area contributed by atoms with E-state index in [0.717, 1.165) is 5.56 Å². The van der Waals surface area contributed by atoms with Gasteiger partial charge in [0.2, 0.25) is 0 Å². The van der Waals surface area contributed by atoms with Gasteiger partial charge in [-0.05, 0) is 18.6 Å². The minimum Gasteiger partial charge on any atom is -0.481 e. The molecule has 3 rings (SSSR count). The van der Waals surface area contributed by atoms with E-state index in [2.05, 4.69) is 15.5 Å². The number of carbonyl (C=O) groups is 2. The number of halogens is 1. The zero-order valence-electron chi connectivity index (χ0n) is 14.6. The topological polar surface area (TPSA) is 102 Å². The van der Waals surface area contributed by atoms with Crippen LogP contribution in [0.15, 0.2) is 42.7 Å². The number of carbonyl (C=O) groups excluding carboxylic acids is 1. The lowest BCUT2D eigenvalue weighted by molar-refractivity contribution is -0.137. The van der Waals surface area contributed by atoms with E-state index in [1.807, 2.05) is 31.2 Å². The Bertz CT molecular complexity index is 962. The second kappa shape index (κ2) is 8.05. The molecule has 0 bridgehead atoms. The van der Waals surface area contributed by atoms with E-state index in [-0.39, 0.29) is 24.5 Å². The van der Waals surface area contributed by atoms with Gasteiger partial charge in [0.25, 0.3) is 5.91 Å². The summed E-state index contributed by atoms with van der Waals surface area (Å²) in [4.78, 5) is 22.9. The Morgan fingerprint density at radius 3 is 2.59 bits per heavy atom. The fourth-order valence-electron chi connectivity index (χ4n) is 2.43. The fourth-order valence-corrected chi connectivity index (χ4v) is 2.63. The Kier molecular flexibility index (Phi) is 5.56. The van der Waals surface area contributed by atoms with Gasteiger partial charge in [0, 0.05) is 12.4 Å². The molecular formula is C18H18ClN5O3. The molecule has 0 saturated carbocycles. The first-order valence-corrected chi connectivity index (χ1v) is 8.63. The van der Waals surface area contributed by atoms with Crippen LogP contribution in [0.1, 0.15) is 28.0 Å². The van der Waals surface area contributed by atoms with Gasteiger partial charge in [-0.2, -0.15) is 10.2 Å². The number of hydrogen-bond acceptors (Lipinski definition) is 4. The Labute approximate surface area is 160 Å². The highest BCUT2D eigenvalue weighted by Crippen LogP contribution is 2.20. The van der Waals surface area contributed by atoms with Crippen LogP contribution in [0.5, 0.6) is 0 Å². The van der Waals surface area contributed by atoms with E-state index >= 15 is 0 Å². The molecule has 1 aromatic carbocycles. The summed E-state index contributed by atoms with van der Waals surface area (Å²) in [5.74, 6) is -1.15. The summed E-state index contributed by atoms with van der Waals surface area (Å²) in [6, 6.07) is 9.56. The molecule has 2 aromatic heterocycles. The molecule has 1 amide bonds. The number of aryl methyl sites for hydroxylation is 2. The SMILES string of the molecule is Cc1ccc(Cn2cc(Cl)c(NC(=O)c3ccn(CCC(=O)O)n3)n2)cc1. The average Bonchev–Trinajstić information content (AvgIpc) is 3.22. The molecule has 2 N–H and O–H groups in total. The van der Waals surface area contributed by atoms with Gasteiger partial charge in [-0.1, -0.05) is 41.4 Å². The molecule has 0 aliphatic heterocycles. The van der Waals surface area contributed by atoms with Crippen molar-refractivity contribution in [3.63, 3.8) is 0 Å². The van der Waals surface area contributed by atoms with Crippen LogP contribution in [0.2, 0.25) is 5.02 Å². The summed E-state index contributed by atoms with van der Waals surface area (Å²) in [6.07, 6.45) is 3.12. The third-order valence-electron chi connectivity index (χ3n) is 3.84. The highest BCUT2D eigenvalue weighted by molar-refractivity contribution is 6.33. The Balaban J connectivity index is 1.65. The number of carboxylic acid groups (broad SMARTS) is 1. The first-order valence-electron chi connectivity index (χ1n) is 8.26. The molecule has 0 saturated heterocycles. The summed E-state index contributed by atoms with van der Waals surface area (Å²) < 4.78 is 3.05. The maximum absolute atomic E-state index is 12.3. The molecule has 0 aliphatic carbocycles. The number of amides is 1. The lowest BCUT2D eigenvalue weighted by atomic mass is 10.1. The van der Waals surface area contributed by atoms with Crippen molar-refractivity contribution in [2.75, 3.05) is 5.32 Å². The first kappa shape index (κ1) is 18.7. The summed E-state index contributed by atoms with van der Waals surface area (Å²) >= 11 is 6.17. The van der Waals surface area contributed by atoms with Gasteiger partial charge in [-0.15, -0.1) is 0 Å². The molecule has 0 atom stereocenters. The zero-order valence-corrected chi connectivity index (χ0v) is 15.3. The van der Waals surface area contributed by atoms with Crippen LogP contribution >= 0.6 is 11.6 Å². The molecule has 0 unspecified atom stereocenters. The largest absolute Gasteiger partial charge is 0.481 e. The van der Waals surface area contributed by atoms with E-state index in [4.69, 9.17) is 16.7 Å². The molecule has 8 nitrogen and oxygen atoms in total. The van der Waals surface area contributed by atoms with Crippen LogP contribution < -0.4 is 5.32 Å². The quantitative estimate of drug-likeness (QED) is 0.649. The third kappa shape index (κ3) is 4.95. The van der Waals surface area contributed by atoms with Gasteiger partial charge < -0.3 is 10.4 Å². The van der Waals surface area contributed by atoms with Crippen molar-refractivity contribution in [1.82, 2.24) is 19.6 Å². The highest BCUT2D eigenvalue weighted by Gasteiger charge is 2.15. The van der Waals surface area contributed by atoms with Gasteiger partial charge in [0.05, 0.1) is 19.5 Å². The average molecular weight is 388 g/mol. The van der Waals surface area contributed by atoms with Gasteiger partial charge in [-0.3, -0.25) is 19.0 Å². The van der Waals surface area contributed by atoms with Crippen molar-refractivity contribution in [3.05, 3.63) is 64.6 Å². The standard InChI is InChI=1S/C18H18ClN5O3/c1-12-2-4-13(5-3-12)10-24-11-14(19)17(22-24)20-18(27)15-6-8-23(21-15)9-7-16(25)26/h2-6,8,11H,7,9-10H2,1H3,(H,25,26)(H,20,22,27). The van der Waals surface area contributed by atoms with E-state index in [1.165, 1.54) is 16.3 Å². The summed E-state index contributed by atoms with van der Waals surface area (Å²) in [7, 11) is 0. The van der Waals surface area contributed by atoms with Crippen LogP contribution in [-0.2, 0) is 17.9 Å². The Morgan fingerprint density at radius 2 is 1.89 bits per heavy atom. The molecule has 0 spiro atoms. The highest BCUT2D eigenvalue weighted by atomic mass is 35.5. The number of rotatable bonds is 7. The minimum absolute atomic E-state index is 0.0714. The monoisotopic (exact) mass is 387 g/mol. The number of nitrogens with zero attached hydrogens (tertiary/aromatic N) is 4. The van der Waals surface area contributed by atoms with E-state index in [1.54, 1.807) is 17.1 Å². The van der Waals surface area contributed by atoms with E-state index in [9.17, 15) is 9.59 Å². The lowest BCUT2D eigenvalue weighted by Gasteiger charge is -2.03. The second-order valence-electron chi connectivity index (χ2n) is 6.07. The Hall–Kier alpha value is -3.13. The van der Waals surface area contributed by atoms with Crippen LogP contribution in [0, 0.1) is 6.92 Å². The van der Waals surface area contributed by atoms with Crippen LogP contribution in [-0.4, -0.2) is 36.5 Å². The minimum atomic E-state index is -0.928. The summed E-state index contributed by atoms with van der Waals surface area (Å²) in [5, 5.41) is 20.0. The van der Waals surface area contributed by atoms with Crippen molar-refractivity contribution < 1.29 is 14.7 Å². The Morgan fingerprint density at radius 1 is 1.15 bits per heavy atom. The molecular weight excluding hydrogens is 370 g/mol. The molecule has 2 heterocycles. The fraction of sp³-hybridized carbons (Fsp3) is 0.222. The van der Waals surface area contributed by atoms with Crippen molar-refractivity contribution in [3.8, 4) is 0 Å². The maximum Gasteiger partial charge on any atom is 0.305 e. The van der Waals surface area contributed by atoms with Gasteiger partial charge >= 0.3 is 5.97 Å². The zero-order chi connectivity index (χ0) is 19.4. The first-order chi connectivity index (χ1) is 12.9. The molecule has 0 radical (unpaired) electrons. The molecule has 140 valence electrons. The van der Waals surface area contributed by atoms with Gasteiger partial charge in [0.1, 0.15) is 5.02 Å². The predicted octanol–water partition coefficient (Wildman–Crippen LogP) is 2.82. The summed E-state index contributed by atoms with van der Waals surface area (Å²) in [5.41, 5.74) is 2.40. The van der Waals surface area contributed by atoms with Crippen molar-refractivity contribution in [2.45, 2.75) is 26.4 Å². The van der Waals surface area contributed by atoms with E-state index in [0.29, 0.717) is 11.6 Å². The molecule has 27 heavy (non-hydrogen) atoms. The van der Waals surface area contributed by atoms with Crippen molar-refractivity contribution in [2.24, 2.45) is 0 Å². The second-order valence-corrected chi connectivity index (χ2v) is 6.48.